The quantitative estimate of drug-likeness (QED) is 0.806. The summed E-state index contributed by atoms with van der Waals surface area (Å²) < 4.78 is 6.51. The van der Waals surface area contributed by atoms with Gasteiger partial charge in [-0.25, -0.2) is 4.68 Å². The Morgan fingerprint density at radius 3 is 2.35 bits per heavy atom. The van der Waals surface area contributed by atoms with Crippen LogP contribution in [0.4, 0.5) is 0 Å². The minimum atomic E-state index is 0.435. The fourth-order valence-electron chi connectivity index (χ4n) is 1.24. The summed E-state index contributed by atoms with van der Waals surface area (Å²) in [7, 11) is 1.51. The van der Waals surface area contributed by atoms with E-state index in [0.717, 1.165) is 5.56 Å². The first-order chi connectivity index (χ1) is 8.20. The van der Waals surface area contributed by atoms with E-state index in [1.54, 1.807) is 18.3 Å². The Kier molecular flexibility index (Phi) is 3.61. The van der Waals surface area contributed by atoms with Crippen molar-refractivity contribution in [3.05, 3.63) is 40.4 Å². The molecule has 2 aromatic rings. The van der Waals surface area contributed by atoms with E-state index in [-0.39, 0.29) is 0 Å². The zero-order valence-corrected chi connectivity index (χ0v) is 10.4. The van der Waals surface area contributed by atoms with Crippen LogP contribution in [0.3, 0.4) is 0 Å². The number of benzene rings is 1. The number of halogens is 2. The number of methoxy groups -OCH3 is 1. The molecular weight excluding hydrogens is 263 g/mol. The molecule has 0 amide bonds. The van der Waals surface area contributed by atoms with Crippen molar-refractivity contribution in [2.75, 3.05) is 7.11 Å². The highest BCUT2D eigenvalue weighted by molar-refractivity contribution is 6.37. The van der Waals surface area contributed by atoms with Gasteiger partial charge in [-0.2, -0.15) is 5.10 Å². The predicted molar refractivity (Wildman–Crippen MR) is 66.0 cm³/mol. The van der Waals surface area contributed by atoms with Crippen LogP contribution in [0.1, 0.15) is 5.56 Å². The third-order valence-electron chi connectivity index (χ3n) is 1.97. The fourth-order valence-corrected chi connectivity index (χ4v) is 1.90. The van der Waals surface area contributed by atoms with Gasteiger partial charge in [0.15, 0.2) is 5.75 Å². The van der Waals surface area contributed by atoms with Crippen LogP contribution >= 0.6 is 23.2 Å². The Morgan fingerprint density at radius 2 is 1.82 bits per heavy atom. The number of nitrogens with zero attached hydrogens (tertiary/aromatic N) is 4. The van der Waals surface area contributed by atoms with Gasteiger partial charge in [0, 0.05) is 0 Å². The van der Waals surface area contributed by atoms with Gasteiger partial charge in [-0.1, -0.05) is 23.2 Å². The van der Waals surface area contributed by atoms with Crippen molar-refractivity contribution in [1.29, 1.82) is 0 Å². The molecular formula is C10H8Cl2N4O. The molecule has 0 saturated heterocycles. The predicted octanol–water partition coefficient (Wildman–Crippen LogP) is 2.48. The lowest BCUT2D eigenvalue weighted by Gasteiger charge is -2.05. The van der Waals surface area contributed by atoms with E-state index in [9.17, 15) is 0 Å². The van der Waals surface area contributed by atoms with Gasteiger partial charge in [-0.05, 0) is 17.7 Å². The Labute approximate surface area is 108 Å². The number of aromatic nitrogens is 3. The van der Waals surface area contributed by atoms with E-state index in [2.05, 4.69) is 15.3 Å². The second-order valence-electron chi connectivity index (χ2n) is 3.10. The molecule has 0 aliphatic rings. The maximum absolute atomic E-state index is 5.99. The first-order valence-corrected chi connectivity index (χ1v) is 5.38. The highest BCUT2D eigenvalue weighted by atomic mass is 35.5. The van der Waals surface area contributed by atoms with E-state index in [0.29, 0.717) is 15.8 Å². The van der Waals surface area contributed by atoms with Gasteiger partial charge in [-0.15, -0.1) is 10.2 Å². The third-order valence-corrected chi connectivity index (χ3v) is 2.53. The smallest absolute Gasteiger partial charge is 0.156 e. The van der Waals surface area contributed by atoms with E-state index in [1.165, 1.54) is 24.4 Å². The largest absolute Gasteiger partial charge is 0.494 e. The van der Waals surface area contributed by atoms with Crippen molar-refractivity contribution < 1.29 is 4.74 Å². The standard InChI is InChI=1S/C10H8Cl2N4O/c1-17-10-8(11)2-7(3-9(10)12)4-15-16-5-13-14-6-16/h2-6H,1H3. The summed E-state index contributed by atoms with van der Waals surface area (Å²) in [5.74, 6) is 0.454. The van der Waals surface area contributed by atoms with Crippen LogP contribution in [-0.2, 0) is 0 Å². The molecule has 0 saturated carbocycles. The van der Waals surface area contributed by atoms with Crippen LogP contribution < -0.4 is 4.74 Å². The molecule has 1 aromatic carbocycles. The van der Waals surface area contributed by atoms with Crippen LogP contribution in [0.2, 0.25) is 10.0 Å². The van der Waals surface area contributed by atoms with Crippen molar-refractivity contribution in [2.45, 2.75) is 0 Å². The Bertz CT molecular complexity index is 516. The lowest BCUT2D eigenvalue weighted by Crippen LogP contribution is -1.91. The molecule has 0 atom stereocenters. The van der Waals surface area contributed by atoms with Gasteiger partial charge in [0.2, 0.25) is 0 Å². The van der Waals surface area contributed by atoms with Crippen LogP contribution in [0.15, 0.2) is 29.9 Å². The molecule has 0 bridgehead atoms. The lowest BCUT2D eigenvalue weighted by molar-refractivity contribution is 0.415. The molecule has 0 N–H and O–H groups in total. The highest BCUT2D eigenvalue weighted by Crippen LogP contribution is 2.33. The summed E-state index contributed by atoms with van der Waals surface area (Å²) in [4.78, 5) is 0. The minimum Gasteiger partial charge on any atom is -0.494 e. The number of rotatable bonds is 3. The van der Waals surface area contributed by atoms with Gasteiger partial charge in [0.1, 0.15) is 12.7 Å². The van der Waals surface area contributed by atoms with Crippen molar-refractivity contribution >= 4 is 29.4 Å². The monoisotopic (exact) mass is 270 g/mol. The van der Waals surface area contributed by atoms with E-state index >= 15 is 0 Å². The summed E-state index contributed by atoms with van der Waals surface area (Å²) in [6.45, 7) is 0. The molecule has 7 heteroatoms. The first-order valence-electron chi connectivity index (χ1n) is 4.62. The van der Waals surface area contributed by atoms with Gasteiger partial charge >= 0.3 is 0 Å². The average Bonchev–Trinajstić information content (AvgIpc) is 2.79. The number of ether oxygens (including phenoxy) is 1. The van der Waals surface area contributed by atoms with Crippen LogP contribution in [0.5, 0.6) is 5.75 Å². The van der Waals surface area contributed by atoms with Crippen molar-refractivity contribution in [3.63, 3.8) is 0 Å². The van der Waals surface area contributed by atoms with Gasteiger partial charge in [-0.3, -0.25) is 0 Å². The molecule has 0 spiro atoms. The summed E-state index contributed by atoms with van der Waals surface area (Å²) in [5.41, 5.74) is 0.759. The summed E-state index contributed by atoms with van der Waals surface area (Å²) in [6, 6.07) is 3.42. The zero-order valence-electron chi connectivity index (χ0n) is 8.84. The van der Waals surface area contributed by atoms with E-state index < -0.39 is 0 Å². The molecule has 5 nitrogen and oxygen atoms in total. The number of hydrogen-bond donors (Lipinski definition) is 0. The maximum Gasteiger partial charge on any atom is 0.156 e. The summed E-state index contributed by atoms with van der Waals surface area (Å²) in [6.07, 6.45) is 4.55. The van der Waals surface area contributed by atoms with Crippen LogP contribution in [0.25, 0.3) is 0 Å². The number of hydrogen-bond acceptors (Lipinski definition) is 4. The normalized spacial score (nSPS) is 11.0. The molecule has 88 valence electrons. The SMILES string of the molecule is COc1c(Cl)cc(C=Nn2cnnc2)cc1Cl. The Hall–Kier alpha value is -1.59. The molecule has 1 aromatic heterocycles. The molecule has 0 fully saturated rings. The molecule has 1 heterocycles. The second-order valence-corrected chi connectivity index (χ2v) is 3.92. The zero-order chi connectivity index (χ0) is 12.3. The van der Waals surface area contributed by atoms with E-state index in [4.69, 9.17) is 27.9 Å². The highest BCUT2D eigenvalue weighted by Gasteiger charge is 2.07. The molecule has 0 unspecified atom stereocenters. The Morgan fingerprint density at radius 1 is 1.24 bits per heavy atom. The lowest BCUT2D eigenvalue weighted by atomic mass is 10.2. The second kappa shape index (κ2) is 5.16. The van der Waals surface area contributed by atoms with Crippen molar-refractivity contribution in [1.82, 2.24) is 14.9 Å². The molecule has 0 radical (unpaired) electrons. The third kappa shape index (κ3) is 2.75. The van der Waals surface area contributed by atoms with Crippen molar-refractivity contribution in [2.24, 2.45) is 5.10 Å². The van der Waals surface area contributed by atoms with Gasteiger partial charge in [0.25, 0.3) is 0 Å². The maximum atomic E-state index is 5.99. The topological polar surface area (TPSA) is 52.3 Å². The van der Waals surface area contributed by atoms with Crippen LogP contribution in [0, 0.1) is 0 Å². The summed E-state index contributed by atoms with van der Waals surface area (Å²) >= 11 is 12.0. The average molecular weight is 271 g/mol. The fraction of sp³-hybridized carbons (Fsp3) is 0.100. The molecule has 17 heavy (non-hydrogen) atoms. The summed E-state index contributed by atoms with van der Waals surface area (Å²) in [5, 5.41) is 12.2. The molecule has 2 rings (SSSR count). The Balaban J connectivity index is 2.29. The first kappa shape index (κ1) is 11.9. The van der Waals surface area contributed by atoms with Gasteiger partial charge < -0.3 is 4.74 Å². The van der Waals surface area contributed by atoms with Gasteiger partial charge in [0.05, 0.1) is 23.4 Å². The minimum absolute atomic E-state index is 0.435. The van der Waals surface area contributed by atoms with E-state index in [1.807, 2.05) is 0 Å². The van der Waals surface area contributed by atoms with Crippen LogP contribution in [-0.4, -0.2) is 28.2 Å². The van der Waals surface area contributed by atoms with Crippen molar-refractivity contribution in [3.8, 4) is 5.75 Å². The molecule has 0 aliphatic heterocycles. The molecule has 0 aliphatic carbocycles.